The summed E-state index contributed by atoms with van der Waals surface area (Å²) in [5.74, 6) is -1.20. The third-order valence-electron chi connectivity index (χ3n) is 10.8. The average Bonchev–Trinajstić information content (AvgIpc) is 3.24. The Morgan fingerprint density at radius 3 is 2.17 bits per heavy atom. The summed E-state index contributed by atoms with van der Waals surface area (Å²) in [4.78, 5) is 40.4. The molecule has 1 spiro atoms. The summed E-state index contributed by atoms with van der Waals surface area (Å²) in [6.45, 7) is 11.7. The van der Waals surface area contributed by atoms with E-state index < -0.39 is 28.6 Å². The van der Waals surface area contributed by atoms with E-state index >= 15 is 0 Å². The van der Waals surface area contributed by atoms with Crippen LogP contribution in [0.4, 0.5) is 0 Å². The van der Waals surface area contributed by atoms with Crippen molar-refractivity contribution in [1.29, 1.82) is 0 Å². The van der Waals surface area contributed by atoms with Crippen LogP contribution < -0.4 is 0 Å². The molecule has 0 amide bonds. The molecule has 1 aliphatic heterocycles. The van der Waals surface area contributed by atoms with Crippen LogP contribution in [0.2, 0.25) is 0 Å². The maximum Gasteiger partial charge on any atom is 0.323 e. The summed E-state index contributed by atoms with van der Waals surface area (Å²) in [5.41, 5.74) is 0.153. The normalized spacial score (nSPS) is 40.7. The van der Waals surface area contributed by atoms with Gasteiger partial charge < -0.3 is 18.9 Å². The van der Waals surface area contributed by atoms with E-state index in [1.54, 1.807) is 13.8 Å². The van der Waals surface area contributed by atoms with Crippen molar-refractivity contribution in [2.24, 2.45) is 33.0 Å². The summed E-state index contributed by atoms with van der Waals surface area (Å²) >= 11 is 0. The molecule has 1 heterocycles. The smallest absolute Gasteiger partial charge is 0.323 e. The van der Waals surface area contributed by atoms with Gasteiger partial charge in [0.1, 0.15) is 0 Å². The number of esters is 2. The predicted molar refractivity (Wildman–Crippen MR) is 130 cm³/mol. The summed E-state index contributed by atoms with van der Waals surface area (Å²) in [6, 6.07) is 0. The van der Waals surface area contributed by atoms with Crippen molar-refractivity contribution in [2.75, 3.05) is 26.4 Å². The van der Waals surface area contributed by atoms with Crippen LogP contribution in [0.5, 0.6) is 0 Å². The second-order valence-corrected chi connectivity index (χ2v) is 13.4. The minimum absolute atomic E-state index is 0.0335. The molecular weight excluding hydrogens is 460 g/mol. The molecule has 1 saturated heterocycles. The minimum Gasteiger partial charge on any atom is -0.465 e. The fourth-order valence-electron chi connectivity index (χ4n) is 9.08. The molecule has 0 aromatic rings. The number of hydrogen-bond acceptors (Lipinski definition) is 7. The van der Waals surface area contributed by atoms with Crippen molar-refractivity contribution in [3.63, 3.8) is 0 Å². The molecule has 198 valence electrons. The first kappa shape index (κ1) is 24.6. The van der Waals surface area contributed by atoms with Crippen LogP contribution >= 0.6 is 0 Å². The van der Waals surface area contributed by atoms with E-state index in [0.29, 0.717) is 38.9 Å². The summed E-state index contributed by atoms with van der Waals surface area (Å²) in [7, 11) is 0. The van der Waals surface area contributed by atoms with Crippen molar-refractivity contribution in [3.05, 3.63) is 11.1 Å². The van der Waals surface area contributed by atoms with Crippen molar-refractivity contribution in [3.8, 4) is 0 Å². The molecule has 4 atom stereocenters. The Morgan fingerprint density at radius 2 is 1.56 bits per heavy atom. The highest BCUT2D eigenvalue weighted by atomic mass is 16.7. The van der Waals surface area contributed by atoms with Gasteiger partial charge in [0.05, 0.1) is 26.4 Å². The lowest BCUT2D eigenvalue weighted by Crippen LogP contribution is -2.57. The highest BCUT2D eigenvalue weighted by Gasteiger charge is 2.81. The van der Waals surface area contributed by atoms with Gasteiger partial charge in [-0.3, -0.25) is 14.4 Å². The number of ketones is 1. The molecule has 0 N–H and O–H groups in total. The number of hydrogen-bond donors (Lipinski definition) is 0. The van der Waals surface area contributed by atoms with Gasteiger partial charge in [0.2, 0.25) is 0 Å². The van der Waals surface area contributed by atoms with Crippen LogP contribution in [0.15, 0.2) is 11.1 Å². The predicted octanol–water partition coefficient (Wildman–Crippen LogP) is 4.52. The van der Waals surface area contributed by atoms with Gasteiger partial charge in [-0.05, 0) is 63.7 Å². The Kier molecular flexibility index (Phi) is 5.08. The monoisotopic (exact) mass is 500 g/mol. The summed E-state index contributed by atoms with van der Waals surface area (Å²) < 4.78 is 23.8. The first-order valence-corrected chi connectivity index (χ1v) is 13.8. The van der Waals surface area contributed by atoms with Crippen LogP contribution in [0.3, 0.4) is 0 Å². The standard InChI is InChI=1S/C29H40O7/c1-6-33-22(31)27(23(32)34-7-2)10-11-28-15-26(28,14-27)12-18-19-8-9-29(35-16-24(3,4)17-36-29)25(19,5)13-20(30)21(18)28/h19H,6-17H2,1-5H3/t19-,25+,26+,28+/m1/s1. The lowest BCUT2D eigenvalue weighted by Gasteiger charge is -2.52. The molecule has 36 heavy (non-hydrogen) atoms. The van der Waals surface area contributed by atoms with E-state index in [1.807, 2.05) is 0 Å². The third-order valence-corrected chi connectivity index (χ3v) is 10.8. The molecule has 4 fully saturated rings. The average molecular weight is 501 g/mol. The molecule has 6 rings (SSSR count). The Hall–Kier alpha value is -1.73. The molecule has 0 aromatic carbocycles. The Bertz CT molecular complexity index is 1040. The molecule has 0 bridgehead atoms. The van der Waals surface area contributed by atoms with Crippen molar-refractivity contribution in [2.45, 2.75) is 91.8 Å². The van der Waals surface area contributed by atoms with E-state index in [2.05, 4.69) is 20.8 Å². The first-order valence-electron chi connectivity index (χ1n) is 13.8. The SMILES string of the molecule is CCOC(=O)C1(C(=O)OCC)CC[C@@]23C[C@]2(CC2=C3C(=O)C[C@@]3(C)[C@@H]2CCC32OCC(C)(C)CO2)C1. The van der Waals surface area contributed by atoms with Crippen molar-refractivity contribution in [1.82, 2.24) is 0 Å². The molecule has 0 aromatic heterocycles. The number of rotatable bonds is 4. The van der Waals surface area contributed by atoms with Gasteiger partial charge in [0, 0.05) is 34.7 Å². The van der Waals surface area contributed by atoms with E-state index in [-0.39, 0.29) is 41.2 Å². The second-order valence-electron chi connectivity index (χ2n) is 13.4. The lowest BCUT2D eigenvalue weighted by molar-refractivity contribution is -0.338. The quantitative estimate of drug-likeness (QED) is 0.414. The van der Waals surface area contributed by atoms with Gasteiger partial charge in [-0.15, -0.1) is 0 Å². The number of ether oxygens (including phenoxy) is 4. The van der Waals surface area contributed by atoms with Crippen LogP contribution in [0, 0.1) is 33.0 Å². The number of allylic oxidation sites excluding steroid dienone is 2. The number of fused-ring (bicyclic) bond motifs is 3. The molecule has 0 radical (unpaired) electrons. The van der Waals surface area contributed by atoms with E-state index in [0.717, 1.165) is 31.3 Å². The fraction of sp³-hybridized carbons (Fsp3) is 0.828. The van der Waals surface area contributed by atoms with Gasteiger partial charge in [-0.1, -0.05) is 26.3 Å². The zero-order chi connectivity index (χ0) is 25.8. The fourth-order valence-corrected chi connectivity index (χ4v) is 9.08. The van der Waals surface area contributed by atoms with Crippen LogP contribution in [0.1, 0.15) is 86.0 Å². The van der Waals surface area contributed by atoms with Crippen LogP contribution in [0.25, 0.3) is 0 Å². The van der Waals surface area contributed by atoms with E-state index in [4.69, 9.17) is 18.9 Å². The van der Waals surface area contributed by atoms with Crippen molar-refractivity contribution >= 4 is 17.7 Å². The van der Waals surface area contributed by atoms with Crippen molar-refractivity contribution < 1.29 is 33.3 Å². The molecule has 7 heteroatoms. The summed E-state index contributed by atoms with van der Waals surface area (Å²) in [6.07, 6.45) is 5.27. The Morgan fingerprint density at radius 1 is 0.917 bits per heavy atom. The Balaban J connectivity index is 1.33. The minimum atomic E-state index is -1.27. The molecule has 5 aliphatic carbocycles. The zero-order valence-electron chi connectivity index (χ0n) is 22.4. The molecule has 6 aliphatic rings. The second kappa shape index (κ2) is 7.43. The molecule has 7 nitrogen and oxygen atoms in total. The number of carbonyl (C=O) groups is 3. The molecule has 0 unspecified atom stereocenters. The first-order chi connectivity index (χ1) is 16.9. The third kappa shape index (κ3) is 2.85. The van der Waals surface area contributed by atoms with Crippen LogP contribution in [-0.4, -0.2) is 49.9 Å². The van der Waals surface area contributed by atoms with Gasteiger partial charge in [-0.2, -0.15) is 0 Å². The van der Waals surface area contributed by atoms with E-state index in [1.165, 1.54) is 5.57 Å². The maximum absolute atomic E-state index is 13.9. The summed E-state index contributed by atoms with van der Waals surface area (Å²) in [5, 5.41) is 0. The van der Waals surface area contributed by atoms with Gasteiger partial charge >= 0.3 is 11.9 Å². The molecule has 3 saturated carbocycles. The van der Waals surface area contributed by atoms with Gasteiger partial charge in [-0.25, -0.2) is 0 Å². The highest BCUT2D eigenvalue weighted by molar-refractivity contribution is 6.03. The zero-order valence-corrected chi connectivity index (χ0v) is 22.4. The lowest BCUT2D eigenvalue weighted by atomic mass is 9.62. The van der Waals surface area contributed by atoms with Crippen LogP contribution in [-0.2, 0) is 33.3 Å². The van der Waals surface area contributed by atoms with Gasteiger partial charge in [0.15, 0.2) is 17.0 Å². The largest absolute Gasteiger partial charge is 0.465 e. The molecular formula is C29H40O7. The maximum atomic E-state index is 13.9. The Labute approximate surface area is 213 Å². The topological polar surface area (TPSA) is 88.1 Å². The van der Waals surface area contributed by atoms with Gasteiger partial charge in [0.25, 0.3) is 0 Å². The highest BCUT2D eigenvalue weighted by Crippen LogP contribution is 2.85. The number of Topliss-reactive ketones (excluding diaryl/α,β-unsaturated/α-hetero) is 1. The van der Waals surface area contributed by atoms with E-state index in [9.17, 15) is 14.4 Å². The number of carbonyl (C=O) groups excluding carboxylic acids is 3.